The van der Waals surface area contributed by atoms with Crippen molar-refractivity contribution in [3.63, 3.8) is 0 Å². The second-order valence-corrected chi connectivity index (χ2v) is 8.00. The summed E-state index contributed by atoms with van der Waals surface area (Å²) in [5, 5.41) is 15.1. The highest BCUT2D eigenvalue weighted by molar-refractivity contribution is 5.95. The van der Waals surface area contributed by atoms with Crippen molar-refractivity contribution in [3.8, 4) is 6.07 Å². The van der Waals surface area contributed by atoms with Crippen LogP contribution in [0.4, 0.5) is 23.2 Å². The monoisotopic (exact) mass is 451 g/mol. The van der Waals surface area contributed by atoms with Crippen LogP contribution in [-0.4, -0.2) is 67.7 Å². The Kier molecular flexibility index (Phi) is 5.92. The molecule has 170 valence electrons. The molecular weight excluding hydrogens is 430 g/mol. The lowest BCUT2D eigenvalue weighted by Gasteiger charge is -2.39. The highest BCUT2D eigenvalue weighted by Gasteiger charge is 2.48. The van der Waals surface area contributed by atoms with Crippen LogP contribution in [0.25, 0.3) is 10.9 Å². The molecule has 0 bridgehead atoms. The summed E-state index contributed by atoms with van der Waals surface area (Å²) in [5.41, 5.74) is -0.582. The summed E-state index contributed by atoms with van der Waals surface area (Å²) in [6, 6.07) is 8.32. The first-order chi connectivity index (χ1) is 15.2. The summed E-state index contributed by atoms with van der Waals surface area (Å²) < 4.78 is 60.4. The largest absolute Gasteiger partial charge is 0.416 e. The average molecular weight is 451 g/mol. The van der Waals surface area contributed by atoms with Crippen molar-refractivity contribution in [2.45, 2.75) is 30.5 Å². The molecule has 32 heavy (non-hydrogen) atoms. The van der Waals surface area contributed by atoms with Gasteiger partial charge in [-0.3, -0.25) is 9.78 Å². The fraction of sp³-hybridized carbons (Fsp3) is 0.476. The summed E-state index contributed by atoms with van der Waals surface area (Å²) in [4.78, 5) is 18.2. The van der Waals surface area contributed by atoms with E-state index in [2.05, 4.69) is 15.6 Å². The molecule has 2 aliphatic heterocycles. The van der Waals surface area contributed by atoms with Crippen molar-refractivity contribution in [1.82, 2.24) is 15.6 Å². The molecule has 4 rings (SSSR count). The van der Waals surface area contributed by atoms with E-state index >= 15 is 0 Å². The first kappa shape index (κ1) is 22.2. The molecule has 0 radical (unpaired) electrons. The molecule has 1 amide bonds. The summed E-state index contributed by atoms with van der Waals surface area (Å²) in [6.07, 6.45) is -6.65. The predicted molar refractivity (Wildman–Crippen MR) is 108 cm³/mol. The number of carbonyl (C=O) groups is 1. The molecule has 1 aromatic heterocycles. The topological polar surface area (TPSA) is 90.3 Å². The lowest BCUT2D eigenvalue weighted by molar-refractivity contribution is -0.234. The minimum atomic E-state index is -4.70. The van der Waals surface area contributed by atoms with Crippen LogP contribution in [0, 0.1) is 11.3 Å². The Bertz CT molecular complexity index is 1050. The number of amides is 1. The van der Waals surface area contributed by atoms with Crippen LogP contribution < -0.4 is 15.5 Å². The number of carbonyl (C=O) groups excluding carboxylic acids is 1. The van der Waals surface area contributed by atoms with Crippen molar-refractivity contribution >= 4 is 22.5 Å². The third-order valence-corrected chi connectivity index (χ3v) is 5.74. The fourth-order valence-corrected chi connectivity index (χ4v) is 4.03. The third-order valence-electron chi connectivity index (χ3n) is 5.74. The van der Waals surface area contributed by atoms with Gasteiger partial charge in [0.2, 0.25) is 0 Å². The first-order valence-corrected chi connectivity index (χ1v) is 10.1. The standard InChI is InChI=1S/C21H21F4N5O2/c22-20(5-7-27-11-20)12-29-19(31)16-9-30(10-17(32-16)21(23,24)25)15-4-3-13(8-26)18-14(15)2-1-6-28-18/h1-4,6,16-17,27H,5,7,9-12H2,(H,29,31)/t16-,17+,20+/m1/s1. The van der Waals surface area contributed by atoms with Crippen molar-refractivity contribution in [3.05, 3.63) is 36.0 Å². The molecule has 1 aromatic carbocycles. The second-order valence-electron chi connectivity index (χ2n) is 8.00. The molecule has 0 aliphatic carbocycles. The molecule has 2 N–H and O–H groups in total. The number of anilines is 1. The Labute approximate surface area is 181 Å². The van der Waals surface area contributed by atoms with E-state index in [4.69, 9.17) is 4.74 Å². The van der Waals surface area contributed by atoms with Gasteiger partial charge in [-0.05, 0) is 37.2 Å². The summed E-state index contributed by atoms with van der Waals surface area (Å²) in [5.74, 6) is -0.802. The van der Waals surface area contributed by atoms with E-state index in [1.165, 1.54) is 23.2 Å². The van der Waals surface area contributed by atoms with E-state index < -0.39 is 36.5 Å². The van der Waals surface area contributed by atoms with Gasteiger partial charge < -0.3 is 20.3 Å². The highest BCUT2D eigenvalue weighted by atomic mass is 19.4. The smallest absolute Gasteiger partial charge is 0.365 e. The van der Waals surface area contributed by atoms with Gasteiger partial charge in [-0.25, -0.2) is 4.39 Å². The zero-order valence-corrected chi connectivity index (χ0v) is 17.0. The predicted octanol–water partition coefficient (Wildman–Crippen LogP) is 2.06. The van der Waals surface area contributed by atoms with Crippen LogP contribution in [0.2, 0.25) is 0 Å². The number of alkyl halides is 4. The van der Waals surface area contributed by atoms with Gasteiger partial charge in [-0.1, -0.05) is 0 Å². The lowest BCUT2D eigenvalue weighted by atomic mass is 10.0. The van der Waals surface area contributed by atoms with Gasteiger partial charge in [0.25, 0.3) is 5.91 Å². The van der Waals surface area contributed by atoms with Crippen LogP contribution in [0.5, 0.6) is 0 Å². The van der Waals surface area contributed by atoms with Crippen LogP contribution in [0.3, 0.4) is 0 Å². The van der Waals surface area contributed by atoms with Gasteiger partial charge in [0, 0.05) is 23.8 Å². The van der Waals surface area contributed by atoms with E-state index in [1.807, 2.05) is 6.07 Å². The minimum Gasteiger partial charge on any atom is -0.365 e. The quantitative estimate of drug-likeness (QED) is 0.692. The van der Waals surface area contributed by atoms with Gasteiger partial charge in [-0.15, -0.1) is 0 Å². The number of halogens is 4. The molecule has 2 fully saturated rings. The van der Waals surface area contributed by atoms with Crippen molar-refractivity contribution in [1.29, 1.82) is 5.26 Å². The van der Waals surface area contributed by atoms with Crippen molar-refractivity contribution < 1.29 is 27.1 Å². The number of pyridine rings is 1. The van der Waals surface area contributed by atoms with Gasteiger partial charge in [0.05, 0.1) is 30.7 Å². The number of hydrogen-bond donors (Lipinski definition) is 2. The van der Waals surface area contributed by atoms with E-state index in [1.54, 1.807) is 12.1 Å². The molecule has 2 aromatic rings. The molecule has 3 atom stereocenters. The summed E-state index contributed by atoms with van der Waals surface area (Å²) >= 11 is 0. The SMILES string of the molecule is N#Cc1ccc(N2C[C@@H](C(F)(F)F)O[C@@H](C(=O)NC[C@]3(F)CCNC3)C2)c2cccnc12. The van der Waals surface area contributed by atoms with Gasteiger partial charge in [0.15, 0.2) is 12.2 Å². The molecule has 0 unspecified atom stereocenters. The molecule has 2 saturated heterocycles. The summed E-state index contributed by atoms with van der Waals surface area (Å²) in [6.45, 7) is -0.457. The normalized spacial score (nSPS) is 26.2. The summed E-state index contributed by atoms with van der Waals surface area (Å²) in [7, 11) is 0. The number of aromatic nitrogens is 1. The Morgan fingerprint density at radius 1 is 1.38 bits per heavy atom. The maximum absolute atomic E-state index is 14.6. The molecule has 11 heteroatoms. The molecule has 0 saturated carbocycles. The Balaban J connectivity index is 1.61. The Hall–Kier alpha value is -2.97. The van der Waals surface area contributed by atoms with Gasteiger partial charge >= 0.3 is 6.18 Å². The van der Waals surface area contributed by atoms with Crippen LogP contribution in [-0.2, 0) is 9.53 Å². The van der Waals surface area contributed by atoms with Gasteiger partial charge in [-0.2, -0.15) is 18.4 Å². The molecule has 0 spiro atoms. The number of fused-ring (bicyclic) bond motifs is 1. The van der Waals surface area contributed by atoms with E-state index in [0.29, 0.717) is 23.1 Å². The number of nitriles is 1. The number of benzene rings is 1. The van der Waals surface area contributed by atoms with Gasteiger partial charge in [0.1, 0.15) is 11.7 Å². The number of rotatable bonds is 4. The highest BCUT2D eigenvalue weighted by Crippen LogP contribution is 2.34. The molecule has 2 aliphatic rings. The second kappa shape index (κ2) is 8.52. The number of ether oxygens (including phenoxy) is 1. The minimum absolute atomic E-state index is 0.0698. The zero-order valence-electron chi connectivity index (χ0n) is 17.0. The van der Waals surface area contributed by atoms with Crippen LogP contribution in [0.15, 0.2) is 30.5 Å². The van der Waals surface area contributed by atoms with E-state index in [-0.39, 0.29) is 31.6 Å². The Morgan fingerprint density at radius 2 is 2.19 bits per heavy atom. The first-order valence-electron chi connectivity index (χ1n) is 10.1. The third kappa shape index (κ3) is 4.47. The zero-order chi connectivity index (χ0) is 22.9. The fourth-order valence-electron chi connectivity index (χ4n) is 4.03. The van der Waals surface area contributed by atoms with Crippen LogP contribution >= 0.6 is 0 Å². The van der Waals surface area contributed by atoms with Crippen molar-refractivity contribution in [2.75, 3.05) is 37.6 Å². The average Bonchev–Trinajstić information content (AvgIpc) is 3.22. The number of nitrogens with zero attached hydrogens (tertiary/aromatic N) is 3. The number of morpholine rings is 1. The number of hydrogen-bond acceptors (Lipinski definition) is 6. The van der Waals surface area contributed by atoms with E-state index in [0.717, 1.165) is 0 Å². The molecule has 7 nitrogen and oxygen atoms in total. The maximum Gasteiger partial charge on any atom is 0.416 e. The lowest BCUT2D eigenvalue weighted by Crippen LogP contribution is -2.58. The molecular formula is C21H21F4N5O2. The molecule has 3 heterocycles. The Morgan fingerprint density at radius 3 is 2.88 bits per heavy atom. The maximum atomic E-state index is 14.6. The van der Waals surface area contributed by atoms with Crippen LogP contribution in [0.1, 0.15) is 12.0 Å². The number of nitrogens with one attached hydrogen (secondary N) is 2. The van der Waals surface area contributed by atoms with E-state index in [9.17, 15) is 27.6 Å². The van der Waals surface area contributed by atoms with Crippen molar-refractivity contribution in [2.24, 2.45) is 0 Å².